The SMILES string of the molecule is Cc1nn(-c2ccc(Cl)c(Cl)c2)c(C)c1CC(=O)NCCCO. The van der Waals surface area contributed by atoms with Crippen molar-refractivity contribution in [2.75, 3.05) is 13.2 Å². The van der Waals surface area contributed by atoms with Gasteiger partial charge in [-0.3, -0.25) is 4.79 Å². The lowest BCUT2D eigenvalue weighted by Gasteiger charge is -2.07. The number of aliphatic hydroxyl groups excluding tert-OH is 1. The first-order valence-corrected chi connectivity index (χ1v) is 8.07. The number of halogens is 2. The number of hydrogen-bond acceptors (Lipinski definition) is 3. The van der Waals surface area contributed by atoms with Gasteiger partial charge in [-0.1, -0.05) is 23.2 Å². The number of carbonyl (C=O) groups excluding carboxylic acids is 1. The third-order valence-corrected chi connectivity index (χ3v) is 4.32. The fourth-order valence-electron chi connectivity index (χ4n) is 2.33. The van der Waals surface area contributed by atoms with Crippen LogP contribution in [0.4, 0.5) is 0 Å². The van der Waals surface area contributed by atoms with Gasteiger partial charge in [-0.15, -0.1) is 0 Å². The monoisotopic (exact) mass is 355 g/mol. The van der Waals surface area contributed by atoms with Gasteiger partial charge < -0.3 is 10.4 Å². The van der Waals surface area contributed by atoms with Crippen molar-refractivity contribution in [1.82, 2.24) is 15.1 Å². The lowest BCUT2D eigenvalue weighted by atomic mass is 10.1. The maximum Gasteiger partial charge on any atom is 0.224 e. The molecule has 0 saturated heterocycles. The van der Waals surface area contributed by atoms with Crippen LogP contribution < -0.4 is 5.32 Å². The number of hydrogen-bond donors (Lipinski definition) is 2. The molecule has 0 atom stereocenters. The molecule has 0 bridgehead atoms. The summed E-state index contributed by atoms with van der Waals surface area (Å²) < 4.78 is 1.76. The summed E-state index contributed by atoms with van der Waals surface area (Å²) in [6, 6.07) is 5.30. The predicted molar refractivity (Wildman–Crippen MR) is 91.5 cm³/mol. The van der Waals surface area contributed by atoms with E-state index in [-0.39, 0.29) is 18.9 Å². The maximum atomic E-state index is 12.0. The molecule has 2 aromatic rings. The molecule has 0 radical (unpaired) electrons. The second-order valence-corrected chi connectivity index (χ2v) is 6.08. The summed E-state index contributed by atoms with van der Waals surface area (Å²) in [5.74, 6) is -0.0849. The zero-order valence-electron chi connectivity index (χ0n) is 13.1. The highest BCUT2D eigenvalue weighted by atomic mass is 35.5. The summed E-state index contributed by atoms with van der Waals surface area (Å²) in [5, 5.41) is 17.0. The smallest absolute Gasteiger partial charge is 0.224 e. The summed E-state index contributed by atoms with van der Waals surface area (Å²) in [7, 11) is 0. The van der Waals surface area contributed by atoms with Gasteiger partial charge in [-0.05, 0) is 38.5 Å². The van der Waals surface area contributed by atoms with Crippen molar-refractivity contribution in [3.8, 4) is 5.69 Å². The standard InChI is InChI=1S/C16H19Cl2N3O2/c1-10-13(9-16(23)19-6-3-7-22)11(2)21(20-10)12-4-5-14(17)15(18)8-12/h4-5,8,22H,3,6-7,9H2,1-2H3,(H,19,23). The van der Waals surface area contributed by atoms with Gasteiger partial charge in [0.1, 0.15) is 0 Å². The van der Waals surface area contributed by atoms with E-state index in [4.69, 9.17) is 28.3 Å². The molecule has 5 nitrogen and oxygen atoms in total. The Morgan fingerprint density at radius 3 is 2.70 bits per heavy atom. The zero-order valence-corrected chi connectivity index (χ0v) is 14.6. The number of rotatable bonds is 6. The van der Waals surface area contributed by atoms with Crippen molar-refractivity contribution in [3.63, 3.8) is 0 Å². The molecule has 1 heterocycles. The number of nitrogens with zero attached hydrogens (tertiary/aromatic N) is 2. The highest BCUT2D eigenvalue weighted by Gasteiger charge is 2.16. The fraction of sp³-hybridized carbons (Fsp3) is 0.375. The number of aromatic nitrogens is 2. The Bertz CT molecular complexity index is 714. The molecule has 1 aromatic carbocycles. The van der Waals surface area contributed by atoms with E-state index in [1.165, 1.54) is 0 Å². The molecular formula is C16H19Cl2N3O2. The molecule has 0 spiro atoms. The van der Waals surface area contributed by atoms with Crippen LogP contribution in [0.2, 0.25) is 10.0 Å². The number of nitrogens with one attached hydrogen (secondary N) is 1. The molecule has 0 aliphatic carbocycles. The van der Waals surface area contributed by atoms with E-state index in [1.807, 2.05) is 19.9 Å². The zero-order chi connectivity index (χ0) is 17.0. The minimum Gasteiger partial charge on any atom is -0.396 e. The summed E-state index contributed by atoms with van der Waals surface area (Å²) in [6.45, 7) is 4.32. The average Bonchev–Trinajstić information content (AvgIpc) is 2.78. The first-order valence-electron chi connectivity index (χ1n) is 7.32. The quantitative estimate of drug-likeness (QED) is 0.783. The Hall–Kier alpha value is -1.56. The Morgan fingerprint density at radius 1 is 1.30 bits per heavy atom. The second kappa shape index (κ2) is 7.81. The molecule has 124 valence electrons. The van der Waals surface area contributed by atoms with Gasteiger partial charge in [-0.25, -0.2) is 4.68 Å². The normalized spacial score (nSPS) is 10.8. The van der Waals surface area contributed by atoms with Crippen LogP contribution in [-0.2, 0) is 11.2 Å². The van der Waals surface area contributed by atoms with Crippen LogP contribution in [0.3, 0.4) is 0 Å². The van der Waals surface area contributed by atoms with Crippen LogP contribution in [0, 0.1) is 13.8 Å². The summed E-state index contributed by atoms with van der Waals surface area (Å²) >= 11 is 12.0. The van der Waals surface area contributed by atoms with Crippen molar-refractivity contribution < 1.29 is 9.90 Å². The number of carbonyl (C=O) groups is 1. The molecule has 0 aliphatic rings. The Labute approximate surface area is 145 Å². The van der Waals surface area contributed by atoms with E-state index in [1.54, 1.807) is 16.8 Å². The van der Waals surface area contributed by atoms with Gasteiger partial charge in [0.15, 0.2) is 0 Å². The molecule has 1 aromatic heterocycles. The molecular weight excluding hydrogens is 337 g/mol. The van der Waals surface area contributed by atoms with E-state index >= 15 is 0 Å². The minimum absolute atomic E-state index is 0.0631. The van der Waals surface area contributed by atoms with Crippen molar-refractivity contribution in [1.29, 1.82) is 0 Å². The number of benzene rings is 1. The molecule has 7 heteroatoms. The predicted octanol–water partition coefficient (Wildman–Crippen LogP) is 2.84. The molecule has 0 fully saturated rings. The van der Waals surface area contributed by atoms with Crippen LogP contribution in [0.5, 0.6) is 0 Å². The van der Waals surface area contributed by atoms with Gasteiger partial charge in [0.25, 0.3) is 0 Å². The van der Waals surface area contributed by atoms with E-state index in [0.29, 0.717) is 23.0 Å². The second-order valence-electron chi connectivity index (χ2n) is 5.26. The van der Waals surface area contributed by atoms with Crippen LogP contribution in [0.25, 0.3) is 5.69 Å². The molecule has 0 aliphatic heterocycles. The molecule has 0 saturated carbocycles. The summed E-state index contributed by atoms with van der Waals surface area (Å²) in [5.41, 5.74) is 3.37. The van der Waals surface area contributed by atoms with E-state index < -0.39 is 0 Å². The van der Waals surface area contributed by atoms with Gasteiger partial charge >= 0.3 is 0 Å². The number of amides is 1. The van der Waals surface area contributed by atoms with Crippen molar-refractivity contribution in [2.45, 2.75) is 26.7 Å². The first-order chi connectivity index (χ1) is 10.9. The number of aliphatic hydroxyl groups is 1. The molecule has 0 unspecified atom stereocenters. The maximum absolute atomic E-state index is 12.0. The van der Waals surface area contributed by atoms with Crippen molar-refractivity contribution in [2.24, 2.45) is 0 Å². The fourth-order valence-corrected chi connectivity index (χ4v) is 2.62. The Kier molecular flexibility index (Phi) is 6.04. The van der Waals surface area contributed by atoms with Crippen molar-refractivity contribution >= 4 is 29.1 Å². The highest BCUT2D eigenvalue weighted by molar-refractivity contribution is 6.42. The Balaban J connectivity index is 2.22. The van der Waals surface area contributed by atoms with Gasteiger partial charge in [-0.2, -0.15) is 5.10 Å². The summed E-state index contributed by atoms with van der Waals surface area (Å²) in [6.07, 6.45) is 0.802. The third-order valence-electron chi connectivity index (χ3n) is 3.58. The Morgan fingerprint density at radius 2 is 2.04 bits per heavy atom. The van der Waals surface area contributed by atoms with E-state index in [2.05, 4.69) is 10.4 Å². The van der Waals surface area contributed by atoms with Crippen LogP contribution >= 0.6 is 23.2 Å². The highest BCUT2D eigenvalue weighted by Crippen LogP contribution is 2.26. The van der Waals surface area contributed by atoms with Gasteiger partial charge in [0, 0.05) is 24.4 Å². The lowest BCUT2D eigenvalue weighted by Crippen LogP contribution is -2.27. The van der Waals surface area contributed by atoms with Crippen LogP contribution in [0.15, 0.2) is 18.2 Å². The van der Waals surface area contributed by atoms with E-state index in [0.717, 1.165) is 22.6 Å². The van der Waals surface area contributed by atoms with Gasteiger partial charge in [0.2, 0.25) is 5.91 Å². The molecule has 1 amide bonds. The topological polar surface area (TPSA) is 67.2 Å². The largest absolute Gasteiger partial charge is 0.396 e. The molecule has 23 heavy (non-hydrogen) atoms. The van der Waals surface area contributed by atoms with Crippen molar-refractivity contribution in [3.05, 3.63) is 45.2 Å². The lowest BCUT2D eigenvalue weighted by molar-refractivity contribution is -0.120. The van der Waals surface area contributed by atoms with Gasteiger partial charge in [0.05, 0.1) is 27.8 Å². The minimum atomic E-state index is -0.0849. The number of aryl methyl sites for hydroxylation is 1. The summed E-state index contributed by atoms with van der Waals surface area (Å²) in [4.78, 5) is 12.0. The third kappa shape index (κ3) is 4.25. The van der Waals surface area contributed by atoms with Crippen LogP contribution in [-0.4, -0.2) is 33.9 Å². The molecule has 2 N–H and O–H groups in total. The van der Waals surface area contributed by atoms with E-state index in [9.17, 15) is 4.79 Å². The molecule has 2 rings (SSSR count). The average molecular weight is 356 g/mol. The van der Waals surface area contributed by atoms with Crippen LogP contribution in [0.1, 0.15) is 23.4 Å². The first kappa shape index (κ1) is 17.8.